The molecule has 2 N–H and O–H groups in total. The molecule has 0 rings (SSSR count). The van der Waals surface area contributed by atoms with Crippen molar-refractivity contribution in [2.45, 2.75) is 26.3 Å². The van der Waals surface area contributed by atoms with Crippen LogP contribution in [0, 0.1) is 0 Å². The summed E-state index contributed by atoms with van der Waals surface area (Å²) >= 11 is 1.81. The first-order valence-electron chi connectivity index (χ1n) is 5.39. The predicted molar refractivity (Wildman–Crippen MR) is 68.3 cm³/mol. The predicted octanol–water partition coefficient (Wildman–Crippen LogP) is 1.41. The van der Waals surface area contributed by atoms with Gasteiger partial charge >= 0.3 is 0 Å². The molecule has 1 atom stereocenters. The second-order valence-electron chi connectivity index (χ2n) is 3.42. The summed E-state index contributed by atoms with van der Waals surface area (Å²) in [6.07, 6.45) is 2.86. The number of amides is 1. The van der Waals surface area contributed by atoms with Gasteiger partial charge in [-0.25, -0.2) is 0 Å². The highest BCUT2D eigenvalue weighted by atomic mass is 32.2. The number of thioether (sulfide) groups is 1. The molecule has 15 heavy (non-hydrogen) atoms. The summed E-state index contributed by atoms with van der Waals surface area (Å²) in [6, 6.07) is 0.273. The van der Waals surface area contributed by atoms with E-state index < -0.39 is 0 Å². The Morgan fingerprint density at radius 1 is 1.60 bits per heavy atom. The summed E-state index contributed by atoms with van der Waals surface area (Å²) in [7, 11) is 0. The van der Waals surface area contributed by atoms with E-state index in [4.69, 9.17) is 0 Å². The van der Waals surface area contributed by atoms with Gasteiger partial charge in [0.25, 0.3) is 0 Å². The van der Waals surface area contributed by atoms with Crippen LogP contribution in [0.2, 0.25) is 0 Å². The maximum atomic E-state index is 11.3. The maximum absolute atomic E-state index is 11.3. The first-order chi connectivity index (χ1) is 7.20. The van der Waals surface area contributed by atoms with E-state index >= 15 is 0 Å². The second-order valence-corrected chi connectivity index (χ2v) is 4.57. The Morgan fingerprint density at radius 2 is 2.33 bits per heavy atom. The van der Waals surface area contributed by atoms with Crippen molar-refractivity contribution in [3.05, 3.63) is 12.7 Å². The molecular weight excluding hydrogens is 208 g/mol. The molecule has 0 bridgehead atoms. The fraction of sp³-hybridized carbons (Fsp3) is 0.727. The van der Waals surface area contributed by atoms with Gasteiger partial charge in [-0.2, -0.15) is 11.8 Å². The number of nitrogens with one attached hydrogen (secondary N) is 2. The minimum Gasteiger partial charge on any atom is -0.353 e. The fourth-order valence-corrected chi connectivity index (χ4v) is 1.56. The Bertz CT molecular complexity index is 185. The van der Waals surface area contributed by atoms with Crippen LogP contribution in [0.4, 0.5) is 0 Å². The quantitative estimate of drug-likeness (QED) is 0.465. The third kappa shape index (κ3) is 9.82. The molecule has 0 spiro atoms. The van der Waals surface area contributed by atoms with Crippen molar-refractivity contribution >= 4 is 17.7 Å². The van der Waals surface area contributed by atoms with Gasteiger partial charge in [0.2, 0.25) is 5.91 Å². The minimum absolute atomic E-state index is 0.0815. The van der Waals surface area contributed by atoms with E-state index in [1.54, 1.807) is 0 Å². The summed E-state index contributed by atoms with van der Waals surface area (Å²) in [6.45, 7) is 9.00. The van der Waals surface area contributed by atoms with Crippen LogP contribution >= 0.6 is 11.8 Å². The molecule has 0 aliphatic rings. The van der Waals surface area contributed by atoms with Crippen LogP contribution in [0.25, 0.3) is 0 Å². The van der Waals surface area contributed by atoms with Crippen molar-refractivity contribution < 1.29 is 4.79 Å². The zero-order chi connectivity index (χ0) is 11.5. The molecule has 0 aromatic carbocycles. The largest absolute Gasteiger partial charge is 0.353 e. The average Bonchev–Trinajstić information content (AvgIpc) is 2.23. The molecule has 0 aliphatic carbocycles. The van der Waals surface area contributed by atoms with Crippen molar-refractivity contribution in [3.63, 3.8) is 0 Å². The van der Waals surface area contributed by atoms with Crippen LogP contribution in [0.1, 0.15) is 20.3 Å². The molecule has 1 unspecified atom stereocenters. The number of hydrogen-bond acceptors (Lipinski definition) is 3. The SMILES string of the molecule is C=CCSCCNCC(=O)NC(C)CC. The highest BCUT2D eigenvalue weighted by Gasteiger charge is 2.03. The molecule has 0 aromatic heterocycles. The summed E-state index contributed by atoms with van der Waals surface area (Å²) in [5, 5.41) is 6.01. The Morgan fingerprint density at radius 3 is 2.93 bits per heavy atom. The monoisotopic (exact) mass is 230 g/mol. The molecule has 0 saturated carbocycles. The highest BCUT2D eigenvalue weighted by molar-refractivity contribution is 7.99. The maximum Gasteiger partial charge on any atom is 0.234 e. The average molecular weight is 230 g/mol. The van der Waals surface area contributed by atoms with Crippen LogP contribution in [0.5, 0.6) is 0 Å². The molecule has 0 radical (unpaired) electrons. The Balaban J connectivity index is 3.27. The van der Waals surface area contributed by atoms with Gasteiger partial charge in [-0.3, -0.25) is 4.79 Å². The lowest BCUT2D eigenvalue weighted by Crippen LogP contribution is -2.39. The van der Waals surface area contributed by atoms with Crippen molar-refractivity contribution in [2.75, 3.05) is 24.6 Å². The number of rotatable bonds is 9. The fourth-order valence-electron chi connectivity index (χ4n) is 0.941. The van der Waals surface area contributed by atoms with Gasteiger partial charge < -0.3 is 10.6 Å². The first kappa shape index (κ1) is 14.5. The Labute approximate surface area is 97.1 Å². The van der Waals surface area contributed by atoms with E-state index in [9.17, 15) is 4.79 Å². The normalized spacial score (nSPS) is 12.1. The zero-order valence-corrected chi connectivity index (χ0v) is 10.5. The van der Waals surface area contributed by atoms with Gasteiger partial charge in [0, 0.05) is 24.1 Å². The molecule has 0 heterocycles. The lowest BCUT2D eigenvalue weighted by atomic mass is 10.2. The lowest BCUT2D eigenvalue weighted by Gasteiger charge is -2.11. The summed E-state index contributed by atoms with van der Waals surface area (Å²) < 4.78 is 0. The number of hydrogen-bond donors (Lipinski definition) is 2. The van der Waals surface area contributed by atoms with Crippen molar-refractivity contribution in [3.8, 4) is 0 Å². The molecule has 4 heteroatoms. The van der Waals surface area contributed by atoms with Gasteiger partial charge in [-0.05, 0) is 13.3 Å². The molecule has 88 valence electrons. The third-order valence-corrected chi connectivity index (χ3v) is 2.93. The second kappa shape index (κ2) is 10.1. The van der Waals surface area contributed by atoms with Crippen molar-refractivity contribution in [1.82, 2.24) is 10.6 Å². The molecule has 0 aliphatic heterocycles. The molecular formula is C11H22N2OS. The summed E-state index contributed by atoms with van der Waals surface area (Å²) in [5.74, 6) is 2.07. The zero-order valence-electron chi connectivity index (χ0n) is 9.71. The van der Waals surface area contributed by atoms with Crippen LogP contribution in [0.3, 0.4) is 0 Å². The Kier molecular flexibility index (Phi) is 9.73. The highest BCUT2D eigenvalue weighted by Crippen LogP contribution is 1.96. The van der Waals surface area contributed by atoms with Gasteiger partial charge in [0.05, 0.1) is 6.54 Å². The third-order valence-electron chi connectivity index (χ3n) is 1.96. The van der Waals surface area contributed by atoms with E-state index in [1.165, 1.54) is 0 Å². The molecule has 3 nitrogen and oxygen atoms in total. The summed E-state index contributed by atoms with van der Waals surface area (Å²) in [5.41, 5.74) is 0. The van der Waals surface area contributed by atoms with E-state index in [2.05, 4.69) is 24.1 Å². The molecule has 1 amide bonds. The minimum atomic E-state index is 0.0815. The first-order valence-corrected chi connectivity index (χ1v) is 6.54. The summed E-state index contributed by atoms with van der Waals surface area (Å²) in [4.78, 5) is 11.3. The van der Waals surface area contributed by atoms with Gasteiger partial charge in [-0.15, -0.1) is 6.58 Å². The van der Waals surface area contributed by atoms with Crippen LogP contribution in [-0.4, -0.2) is 36.5 Å². The van der Waals surface area contributed by atoms with E-state index in [-0.39, 0.29) is 11.9 Å². The topological polar surface area (TPSA) is 41.1 Å². The van der Waals surface area contributed by atoms with E-state index in [1.807, 2.05) is 24.8 Å². The van der Waals surface area contributed by atoms with E-state index in [0.717, 1.165) is 24.5 Å². The number of carbonyl (C=O) groups excluding carboxylic acids is 1. The van der Waals surface area contributed by atoms with Crippen LogP contribution < -0.4 is 10.6 Å². The Hall–Kier alpha value is -0.480. The molecule has 0 fully saturated rings. The van der Waals surface area contributed by atoms with E-state index in [0.29, 0.717) is 6.54 Å². The molecule has 0 aromatic rings. The van der Waals surface area contributed by atoms with Crippen molar-refractivity contribution in [1.29, 1.82) is 0 Å². The lowest BCUT2D eigenvalue weighted by molar-refractivity contribution is -0.120. The van der Waals surface area contributed by atoms with Crippen LogP contribution in [0.15, 0.2) is 12.7 Å². The van der Waals surface area contributed by atoms with Gasteiger partial charge in [0.15, 0.2) is 0 Å². The number of carbonyl (C=O) groups is 1. The smallest absolute Gasteiger partial charge is 0.234 e. The standard InChI is InChI=1S/C11H22N2OS/c1-4-7-15-8-6-12-9-11(14)13-10(3)5-2/h4,10,12H,1,5-9H2,2-3H3,(H,13,14). The van der Waals surface area contributed by atoms with Crippen LogP contribution in [-0.2, 0) is 4.79 Å². The van der Waals surface area contributed by atoms with Gasteiger partial charge in [-0.1, -0.05) is 13.0 Å². The molecule has 0 saturated heterocycles. The van der Waals surface area contributed by atoms with Crippen molar-refractivity contribution in [2.24, 2.45) is 0 Å². The van der Waals surface area contributed by atoms with Gasteiger partial charge in [0.1, 0.15) is 0 Å².